The van der Waals surface area contributed by atoms with Crippen molar-refractivity contribution in [2.75, 3.05) is 26.7 Å². The number of amides is 1. The second-order valence-electron chi connectivity index (χ2n) is 4.08. The van der Waals surface area contributed by atoms with Crippen LogP contribution in [0.5, 0.6) is 0 Å². The van der Waals surface area contributed by atoms with Crippen molar-refractivity contribution in [3.63, 3.8) is 0 Å². The van der Waals surface area contributed by atoms with Gasteiger partial charge in [-0.2, -0.15) is 0 Å². The molecule has 1 amide bonds. The van der Waals surface area contributed by atoms with Gasteiger partial charge in [0.2, 0.25) is 5.91 Å². The Morgan fingerprint density at radius 1 is 1.54 bits per heavy atom. The summed E-state index contributed by atoms with van der Waals surface area (Å²) in [7, 11) is 1.97. The Balaban J connectivity index is 2.00. The summed E-state index contributed by atoms with van der Waals surface area (Å²) in [5.74, 6) is 0.273. The first-order valence-electron chi connectivity index (χ1n) is 4.92. The van der Waals surface area contributed by atoms with E-state index in [1.54, 1.807) is 0 Å². The Morgan fingerprint density at radius 3 is 2.77 bits per heavy atom. The molecule has 0 radical (unpaired) electrons. The van der Waals surface area contributed by atoms with Gasteiger partial charge in [0.05, 0.1) is 6.54 Å². The molecule has 13 heavy (non-hydrogen) atoms. The molecule has 2 aliphatic rings. The minimum Gasteiger partial charge on any atom is -0.337 e. The zero-order valence-electron chi connectivity index (χ0n) is 8.07. The molecule has 2 rings (SSSR count). The first kappa shape index (κ1) is 8.97. The summed E-state index contributed by atoms with van der Waals surface area (Å²) in [6.45, 7) is 2.02. The lowest BCUT2D eigenvalue weighted by atomic mass is 10.1. The molecule has 4 heteroatoms. The van der Waals surface area contributed by atoms with Crippen LogP contribution in [0.3, 0.4) is 0 Å². The van der Waals surface area contributed by atoms with Crippen LogP contribution in [0, 0.1) is 0 Å². The van der Waals surface area contributed by atoms with Crippen LogP contribution in [0.25, 0.3) is 0 Å². The smallest absolute Gasteiger partial charge is 0.237 e. The number of hydrogen-bond acceptors (Lipinski definition) is 3. The van der Waals surface area contributed by atoms with E-state index in [1.165, 1.54) is 12.8 Å². The van der Waals surface area contributed by atoms with Crippen molar-refractivity contribution in [2.45, 2.75) is 24.9 Å². The lowest BCUT2D eigenvalue weighted by molar-refractivity contribution is -0.138. The van der Waals surface area contributed by atoms with Crippen molar-refractivity contribution in [1.82, 2.24) is 9.80 Å². The first-order chi connectivity index (χ1) is 6.22. The minimum absolute atomic E-state index is 0.273. The van der Waals surface area contributed by atoms with E-state index >= 15 is 0 Å². The van der Waals surface area contributed by atoms with Crippen LogP contribution in [0.2, 0.25) is 0 Å². The highest BCUT2D eigenvalue weighted by Gasteiger charge is 2.37. The molecule has 0 aromatic carbocycles. The quantitative estimate of drug-likeness (QED) is 0.613. The Labute approximate surface area is 78.7 Å². The summed E-state index contributed by atoms with van der Waals surface area (Å²) >= 11 is 0. The second-order valence-corrected chi connectivity index (χ2v) is 4.08. The van der Waals surface area contributed by atoms with E-state index < -0.39 is 0 Å². The number of carbonyl (C=O) groups excluding carboxylic acids is 1. The van der Waals surface area contributed by atoms with Gasteiger partial charge >= 0.3 is 0 Å². The highest BCUT2D eigenvalue weighted by molar-refractivity contribution is 5.79. The molecule has 1 saturated carbocycles. The third-order valence-corrected chi connectivity index (χ3v) is 3.00. The molecule has 0 aromatic rings. The molecule has 0 spiro atoms. The van der Waals surface area contributed by atoms with Crippen LogP contribution < -0.4 is 5.73 Å². The molecule has 2 fully saturated rings. The van der Waals surface area contributed by atoms with Gasteiger partial charge in [0.15, 0.2) is 0 Å². The van der Waals surface area contributed by atoms with Gasteiger partial charge in [-0.25, -0.2) is 0 Å². The van der Waals surface area contributed by atoms with Crippen molar-refractivity contribution < 1.29 is 4.79 Å². The van der Waals surface area contributed by atoms with Crippen molar-refractivity contribution in [2.24, 2.45) is 5.73 Å². The van der Waals surface area contributed by atoms with Crippen LogP contribution in [0.15, 0.2) is 0 Å². The van der Waals surface area contributed by atoms with Crippen molar-refractivity contribution >= 4 is 5.91 Å². The summed E-state index contributed by atoms with van der Waals surface area (Å²) < 4.78 is 0. The molecular weight excluding hydrogens is 166 g/mol. The van der Waals surface area contributed by atoms with Crippen molar-refractivity contribution in [3.8, 4) is 0 Å². The van der Waals surface area contributed by atoms with Crippen molar-refractivity contribution in [1.29, 1.82) is 0 Å². The summed E-state index contributed by atoms with van der Waals surface area (Å²) in [4.78, 5) is 15.7. The first-order valence-corrected chi connectivity index (χ1v) is 4.92. The average Bonchev–Trinajstić information content (AvgIpc) is 2.88. The van der Waals surface area contributed by atoms with E-state index in [9.17, 15) is 4.79 Å². The number of likely N-dealkylation sites (N-methyl/N-ethyl adjacent to an activating group) is 1. The van der Waals surface area contributed by atoms with E-state index in [0.717, 1.165) is 6.54 Å². The molecule has 2 N–H and O–H groups in total. The molecule has 1 saturated heterocycles. The molecular formula is C9H17N3O. The summed E-state index contributed by atoms with van der Waals surface area (Å²) in [6, 6.07) is 0.897. The van der Waals surface area contributed by atoms with Crippen LogP contribution >= 0.6 is 0 Å². The molecule has 1 heterocycles. The van der Waals surface area contributed by atoms with Crippen molar-refractivity contribution in [3.05, 3.63) is 0 Å². The molecule has 0 bridgehead atoms. The van der Waals surface area contributed by atoms with Crippen LogP contribution in [-0.2, 0) is 4.79 Å². The molecule has 1 aliphatic heterocycles. The predicted molar refractivity (Wildman–Crippen MR) is 50.2 cm³/mol. The number of nitrogens with zero attached hydrogens (tertiary/aromatic N) is 2. The number of carbonyl (C=O) groups is 1. The Hall–Kier alpha value is -0.610. The van der Waals surface area contributed by atoms with Crippen LogP contribution in [0.4, 0.5) is 0 Å². The number of hydrogen-bond donors (Lipinski definition) is 1. The minimum atomic E-state index is 0.273. The number of nitrogens with two attached hydrogens (primary N) is 1. The highest BCUT2D eigenvalue weighted by atomic mass is 16.2. The lowest BCUT2D eigenvalue weighted by Crippen LogP contribution is -2.57. The highest BCUT2D eigenvalue weighted by Crippen LogP contribution is 2.28. The molecule has 1 aliphatic carbocycles. The largest absolute Gasteiger partial charge is 0.337 e. The zero-order chi connectivity index (χ0) is 9.42. The van der Waals surface area contributed by atoms with Gasteiger partial charge in [-0.05, 0) is 19.9 Å². The topological polar surface area (TPSA) is 49.6 Å². The Bertz CT molecular complexity index is 215. The average molecular weight is 183 g/mol. The monoisotopic (exact) mass is 183 g/mol. The fourth-order valence-electron chi connectivity index (χ4n) is 1.89. The third-order valence-electron chi connectivity index (χ3n) is 3.00. The third kappa shape index (κ3) is 1.69. The fourth-order valence-corrected chi connectivity index (χ4v) is 1.89. The summed E-state index contributed by atoms with van der Waals surface area (Å²) in [6.07, 6.45) is 2.37. The van der Waals surface area contributed by atoms with Gasteiger partial charge < -0.3 is 10.6 Å². The maximum Gasteiger partial charge on any atom is 0.237 e. The molecule has 1 unspecified atom stereocenters. The normalized spacial score (nSPS) is 31.1. The van der Waals surface area contributed by atoms with Crippen LogP contribution in [-0.4, -0.2) is 54.5 Å². The number of rotatable bonds is 2. The molecule has 1 atom stereocenters. The van der Waals surface area contributed by atoms with E-state index in [1.807, 2.05) is 11.9 Å². The zero-order valence-corrected chi connectivity index (χ0v) is 8.07. The second kappa shape index (κ2) is 3.27. The molecule has 4 nitrogen and oxygen atoms in total. The molecule has 0 aromatic heterocycles. The summed E-state index contributed by atoms with van der Waals surface area (Å²) in [5.41, 5.74) is 5.64. The van der Waals surface area contributed by atoms with E-state index in [4.69, 9.17) is 5.73 Å². The van der Waals surface area contributed by atoms with Gasteiger partial charge in [0, 0.05) is 25.2 Å². The van der Waals surface area contributed by atoms with Crippen LogP contribution in [0.1, 0.15) is 12.8 Å². The SMILES string of the molecule is CN1CC(=O)N(C2CC2)CC1CN. The van der Waals surface area contributed by atoms with Gasteiger partial charge in [0.1, 0.15) is 0 Å². The molecule has 74 valence electrons. The van der Waals surface area contributed by atoms with Gasteiger partial charge in [-0.1, -0.05) is 0 Å². The summed E-state index contributed by atoms with van der Waals surface area (Å²) in [5, 5.41) is 0. The number of piperazine rings is 1. The van der Waals surface area contributed by atoms with E-state index in [0.29, 0.717) is 25.2 Å². The Kier molecular flexibility index (Phi) is 2.26. The van der Waals surface area contributed by atoms with Gasteiger partial charge in [0.25, 0.3) is 0 Å². The van der Waals surface area contributed by atoms with E-state index in [-0.39, 0.29) is 5.91 Å². The van der Waals surface area contributed by atoms with Gasteiger partial charge in [-0.3, -0.25) is 9.69 Å². The Morgan fingerprint density at radius 2 is 2.23 bits per heavy atom. The maximum absolute atomic E-state index is 11.6. The maximum atomic E-state index is 11.6. The van der Waals surface area contributed by atoms with Gasteiger partial charge in [-0.15, -0.1) is 0 Å². The van der Waals surface area contributed by atoms with E-state index in [2.05, 4.69) is 4.90 Å². The fraction of sp³-hybridized carbons (Fsp3) is 0.889. The standard InChI is InChI=1S/C9H17N3O/c1-11-6-9(13)12(7-2-3-7)5-8(11)4-10/h7-8H,2-6,10H2,1H3. The predicted octanol–water partition coefficient (Wildman–Crippen LogP) is -0.750. The lowest BCUT2D eigenvalue weighted by Gasteiger charge is -2.38.